The quantitative estimate of drug-likeness (QED) is 0.685. The summed E-state index contributed by atoms with van der Waals surface area (Å²) in [5, 5.41) is 2.25. The van der Waals surface area contributed by atoms with E-state index in [1.165, 1.54) is 17.4 Å². The molecule has 0 saturated carbocycles. The van der Waals surface area contributed by atoms with Crippen LogP contribution in [0, 0.1) is 0 Å². The lowest BCUT2D eigenvalue weighted by Gasteiger charge is -2.02. The average Bonchev–Trinajstić information content (AvgIpc) is 2.40. The molecule has 0 aliphatic carbocycles. The van der Waals surface area contributed by atoms with Crippen molar-refractivity contribution in [2.75, 3.05) is 11.5 Å². The summed E-state index contributed by atoms with van der Waals surface area (Å²) >= 11 is 1.79. The van der Waals surface area contributed by atoms with E-state index in [9.17, 15) is 0 Å². The molecular formula is C10H12N4S. The molecule has 4 nitrogen and oxygen atoms in total. The topological polar surface area (TPSA) is 56.7 Å². The van der Waals surface area contributed by atoms with E-state index in [4.69, 9.17) is 5.73 Å². The first kappa shape index (κ1) is 9.03. The molecule has 0 unspecified atom stereocenters. The van der Waals surface area contributed by atoms with Crippen molar-refractivity contribution in [3.63, 3.8) is 0 Å². The van der Waals surface area contributed by atoms with Gasteiger partial charge in [-0.15, -0.1) is 11.8 Å². The largest absolute Gasteiger partial charge is 0.368 e. The molecule has 0 aromatic carbocycles. The molecule has 3 heterocycles. The van der Waals surface area contributed by atoms with E-state index in [1.807, 2.05) is 11.6 Å². The van der Waals surface area contributed by atoms with E-state index in [0.717, 1.165) is 22.8 Å². The lowest BCUT2D eigenvalue weighted by Crippen LogP contribution is -1.98. The molecule has 0 bridgehead atoms. The summed E-state index contributed by atoms with van der Waals surface area (Å²) in [6.07, 6.45) is 4.46. The lowest BCUT2D eigenvalue weighted by atomic mass is 10.1. The zero-order chi connectivity index (χ0) is 10.4. The minimum Gasteiger partial charge on any atom is -0.368 e. The highest BCUT2D eigenvalue weighted by atomic mass is 32.2. The van der Waals surface area contributed by atoms with Crippen molar-refractivity contribution in [3.05, 3.63) is 11.8 Å². The van der Waals surface area contributed by atoms with E-state index < -0.39 is 0 Å². The van der Waals surface area contributed by atoms with Gasteiger partial charge in [-0.3, -0.25) is 0 Å². The van der Waals surface area contributed by atoms with Crippen LogP contribution in [0.25, 0.3) is 11.0 Å². The summed E-state index contributed by atoms with van der Waals surface area (Å²) in [4.78, 5) is 8.62. The maximum absolute atomic E-state index is 5.70. The number of aromatic nitrogens is 3. The first-order chi connectivity index (χ1) is 7.25. The molecule has 5 heteroatoms. The number of hydrogen-bond acceptors (Lipinski definition) is 4. The summed E-state index contributed by atoms with van der Waals surface area (Å²) in [6, 6.07) is 0. The van der Waals surface area contributed by atoms with Crippen LogP contribution < -0.4 is 5.73 Å². The first-order valence-corrected chi connectivity index (χ1v) is 5.98. The van der Waals surface area contributed by atoms with Crippen LogP contribution in [0.4, 0.5) is 5.95 Å². The number of thioether (sulfide) groups is 1. The predicted octanol–water partition coefficient (Wildman–Crippen LogP) is 1.59. The Morgan fingerprint density at radius 1 is 1.47 bits per heavy atom. The van der Waals surface area contributed by atoms with Gasteiger partial charge in [0, 0.05) is 13.2 Å². The fourth-order valence-electron chi connectivity index (χ4n) is 2.07. The number of nitrogens with zero attached hydrogens (tertiary/aromatic N) is 3. The van der Waals surface area contributed by atoms with Crippen molar-refractivity contribution < 1.29 is 0 Å². The molecule has 0 amide bonds. The summed E-state index contributed by atoms with van der Waals surface area (Å²) < 4.78 is 2.04. The highest BCUT2D eigenvalue weighted by Gasteiger charge is 2.17. The van der Waals surface area contributed by atoms with Crippen molar-refractivity contribution >= 4 is 28.7 Å². The van der Waals surface area contributed by atoms with Gasteiger partial charge in [-0.1, -0.05) is 0 Å². The minimum atomic E-state index is 0.375. The van der Waals surface area contributed by atoms with Crippen LogP contribution >= 0.6 is 11.8 Å². The molecule has 1 aliphatic rings. The van der Waals surface area contributed by atoms with Gasteiger partial charge in [-0.05, 0) is 24.2 Å². The normalized spacial score (nSPS) is 15.5. The molecule has 2 aromatic heterocycles. The first-order valence-electron chi connectivity index (χ1n) is 5.00. The smallest absolute Gasteiger partial charge is 0.223 e. The van der Waals surface area contributed by atoms with Gasteiger partial charge < -0.3 is 10.3 Å². The Hall–Kier alpha value is -1.23. The third kappa shape index (κ3) is 1.30. The minimum absolute atomic E-state index is 0.375. The molecule has 2 N–H and O–H groups in total. The fourth-order valence-corrected chi connectivity index (χ4v) is 3.07. The van der Waals surface area contributed by atoms with Crippen molar-refractivity contribution in [1.29, 1.82) is 0 Å². The number of aryl methyl sites for hydroxylation is 2. The van der Waals surface area contributed by atoms with Gasteiger partial charge in [0.2, 0.25) is 5.95 Å². The molecule has 78 valence electrons. The third-order valence-corrected chi connectivity index (χ3v) is 3.77. The second-order valence-electron chi connectivity index (χ2n) is 3.80. The van der Waals surface area contributed by atoms with Crippen LogP contribution in [-0.4, -0.2) is 20.3 Å². The molecule has 2 aromatic rings. The van der Waals surface area contributed by atoms with Gasteiger partial charge in [0.05, 0.1) is 5.39 Å². The number of nitrogens with two attached hydrogens (primary N) is 1. The Morgan fingerprint density at radius 3 is 3.20 bits per heavy atom. The summed E-state index contributed by atoms with van der Waals surface area (Å²) in [5.74, 6) is 1.49. The van der Waals surface area contributed by atoms with Gasteiger partial charge in [-0.25, -0.2) is 4.98 Å². The third-order valence-electron chi connectivity index (χ3n) is 2.71. The summed E-state index contributed by atoms with van der Waals surface area (Å²) in [6.45, 7) is 0. The van der Waals surface area contributed by atoms with Crippen molar-refractivity contribution in [1.82, 2.24) is 14.5 Å². The van der Waals surface area contributed by atoms with Gasteiger partial charge in [0.1, 0.15) is 10.7 Å². The van der Waals surface area contributed by atoms with E-state index in [0.29, 0.717) is 5.95 Å². The Balaban J connectivity index is 2.43. The highest BCUT2D eigenvalue weighted by Crippen LogP contribution is 2.33. The molecule has 0 spiro atoms. The number of hydrogen-bond donors (Lipinski definition) is 1. The second kappa shape index (κ2) is 3.13. The van der Waals surface area contributed by atoms with Crippen LogP contribution in [0.3, 0.4) is 0 Å². The summed E-state index contributed by atoms with van der Waals surface area (Å²) in [5.41, 5.74) is 8.02. The van der Waals surface area contributed by atoms with Crippen LogP contribution in [-0.2, 0) is 13.5 Å². The number of rotatable bonds is 0. The highest BCUT2D eigenvalue weighted by molar-refractivity contribution is 7.99. The zero-order valence-corrected chi connectivity index (χ0v) is 9.34. The zero-order valence-electron chi connectivity index (χ0n) is 8.53. The number of anilines is 1. The Morgan fingerprint density at radius 2 is 2.33 bits per heavy atom. The predicted molar refractivity (Wildman–Crippen MR) is 62.0 cm³/mol. The maximum atomic E-state index is 5.70. The van der Waals surface area contributed by atoms with Crippen LogP contribution in [0.2, 0.25) is 0 Å². The standard InChI is InChI=1S/C10H12N4S/c1-14-5-6-3-2-4-15-9-7(6)8(14)12-10(11)13-9/h5H,2-4H2,1H3,(H2,11,12,13). The molecule has 0 fully saturated rings. The monoisotopic (exact) mass is 220 g/mol. The molecule has 0 atom stereocenters. The van der Waals surface area contributed by atoms with E-state index in [-0.39, 0.29) is 0 Å². The molecule has 1 aliphatic heterocycles. The Labute approximate surface area is 91.9 Å². The van der Waals surface area contributed by atoms with E-state index in [1.54, 1.807) is 11.8 Å². The maximum Gasteiger partial charge on any atom is 0.223 e. The van der Waals surface area contributed by atoms with Gasteiger partial charge >= 0.3 is 0 Å². The van der Waals surface area contributed by atoms with Crippen molar-refractivity contribution in [2.45, 2.75) is 17.9 Å². The SMILES string of the molecule is Cn1cc2c3c(nc(N)nc31)SCCC2. The van der Waals surface area contributed by atoms with Crippen LogP contribution in [0.5, 0.6) is 0 Å². The number of nitrogen functional groups attached to an aromatic ring is 1. The molecule has 0 saturated heterocycles. The van der Waals surface area contributed by atoms with Crippen LogP contribution in [0.1, 0.15) is 12.0 Å². The summed E-state index contributed by atoms with van der Waals surface area (Å²) in [7, 11) is 2.01. The van der Waals surface area contributed by atoms with Gasteiger partial charge in [0.25, 0.3) is 0 Å². The Kier molecular flexibility index (Phi) is 1.88. The van der Waals surface area contributed by atoms with E-state index in [2.05, 4.69) is 16.2 Å². The van der Waals surface area contributed by atoms with E-state index >= 15 is 0 Å². The lowest BCUT2D eigenvalue weighted by molar-refractivity contribution is 0.903. The molecule has 15 heavy (non-hydrogen) atoms. The molecule has 3 rings (SSSR count). The fraction of sp³-hybridized carbons (Fsp3) is 0.400. The second-order valence-corrected chi connectivity index (χ2v) is 4.89. The molecular weight excluding hydrogens is 208 g/mol. The van der Waals surface area contributed by atoms with Crippen molar-refractivity contribution in [3.8, 4) is 0 Å². The Bertz CT molecular complexity index is 532. The van der Waals surface area contributed by atoms with Gasteiger partial charge in [0.15, 0.2) is 0 Å². The molecule has 0 radical (unpaired) electrons. The van der Waals surface area contributed by atoms with Crippen molar-refractivity contribution in [2.24, 2.45) is 7.05 Å². The van der Waals surface area contributed by atoms with Gasteiger partial charge in [-0.2, -0.15) is 4.98 Å². The van der Waals surface area contributed by atoms with Crippen LogP contribution in [0.15, 0.2) is 11.2 Å². The average molecular weight is 220 g/mol.